The molecule has 2 amide bonds. The number of nitrogens with zero attached hydrogens (tertiary/aromatic N) is 1. The van der Waals surface area contributed by atoms with E-state index in [9.17, 15) is 19.5 Å². The van der Waals surface area contributed by atoms with Gasteiger partial charge in [0, 0.05) is 5.56 Å². The van der Waals surface area contributed by atoms with Crippen LogP contribution in [0.15, 0.2) is 23.1 Å². The van der Waals surface area contributed by atoms with Crippen molar-refractivity contribution in [3.63, 3.8) is 0 Å². The second-order valence-electron chi connectivity index (χ2n) is 4.47. The number of phenolic OH excluding ortho intramolecular Hbond substituents is 1. The van der Waals surface area contributed by atoms with E-state index in [4.69, 9.17) is 9.47 Å². The normalized spacial score (nSPS) is 16.1. The smallest absolute Gasteiger partial charge is 0.326 e. The minimum Gasteiger partial charge on any atom is -0.504 e. The van der Waals surface area contributed by atoms with Crippen LogP contribution in [-0.4, -0.2) is 47.4 Å². The molecule has 0 spiro atoms. The number of para-hydroxylation sites is 1. The molecule has 7 nitrogen and oxygen atoms in total. The number of benzene rings is 1. The van der Waals surface area contributed by atoms with Crippen molar-refractivity contribution >= 4 is 35.0 Å². The van der Waals surface area contributed by atoms with Gasteiger partial charge in [0.05, 0.1) is 18.6 Å². The molecule has 0 unspecified atom stereocenters. The number of amides is 2. The quantitative estimate of drug-likeness (QED) is 0.649. The van der Waals surface area contributed by atoms with E-state index < -0.39 is 23.7 Å². The van der Waals surface area contributed by atoms with E-state index in [0.717, 1.165) is 4.90 Å². The first-order chi connectivity index (χ1) is 11.0. The highest BCUT2D eigenvalue weighted by Crippen LogP contribution is 2.36. The minimum atomic E-state index is -0.653. The number of carbonyl (C=O) groups is 3. The first-order valence-electron chi connectivity index (χ1n) is 6.74. The Labute approximate surface area is 136 Å². The fourth-order valence-electron chi connectivity index (χ4n) is 1.93. The van der Waals surface area contributed by atoms with Crippen LogP contribution >= 0.6 is 11.8 Å². The molecule has 1 aromatic rings. The van der Waals surface area contributed by atoms with Gasteiger partial charge in [-0.25, -0.2) is 0 Å². The Balaban J connectivity index is 2.24. The summed E-state index contributed by atoms with van der Waals surface area (Å²) < 4.78 is 9.72. The third kappa shape index (κ3) is 3.65. The van der Waals surface area contributed by atoms with E-state index in [1.165, 1.54) is 13.2 Å². The molecule has 1 aliphatic heterocycles. The molecule has 2 rings (SSSR count). The third-order valence-electron chi connectivity index (χ3n) is 3.00. The Morgan fingerprint density at radius 3 is 2.78 bits per heavy atom. The largest absolute Gasteiger partial charge is 0.504 e. The van der Waals surface area contributed by atoms with Gasteiger partial charge in [0.1, 0.15) is 6.54 Å². The lowest BCUT2D eigenvalue weighted by molar-refractivity contribution is -0.145. The van der Waals surface area contributed by atoms with Crippen molar-refractivity contribution in [2.75, 3.05) is 20.3 Å². The predicted molar refractivity (Wildman–Crippen MR) is 84.0 cm³/mol. The monoisotopic (exact) mass is 337 g/mol. The van der Waals surface area contributed by atoms with Crippen LogP contribution in [0, 0.1) is 0 Å². The van der Waals surface area contributed by atoms with E-state index in [-0.39, 0.29) is 23.0 Å². The summed E-state index contributed by atoms with van der Waals surface area (Å²) in [5, 5.41) is 9.46. The van der Waals surface area contributed by atoms with Gasteiger partial charge in [-0.15, -0.1) is 0 Å². The molecule has 1 N–H and O–H groups in total. The molecule has 0 aromatic heterocycles. The maximum Gasteiger partial charge on any atom is 0.326 e. The Bertz CT molecular complexity index is 685. The minimum absolute atomic E-state index is 0.114. The zero-order valence-electron chi connectivity index (χ0n) is 12.6. The first kappa shape index (κ1) is 16.9. The van der Waals surface area contributed by atoms with Crippen molar-refractivity contribution in [3.05, 3.63) is 28.7 Å². The van der Waals surface area contributed by atoms with Crippen LogP contribution in [0.5, 0.6) is 11.5 Å². The van der Waals surface area contributed by atoms with E-state index in [2.05, 4.69) is 0 Å². The van der Waals surface area contributed by atoms with Crippen molar-refractivity contribution in [1.82, 2.24) is 4.90 Å². The van der Waals surface area contributed by atoms with Crippen molar-refractivity contribution in [2.24, 2.45) is 0 Å². The molecule has 0 radical (unpaired) electrons. The molecule has 8 heteroatoms. The number of imide groups is 1. The average Bonchev–Trinajstić information content (AvgIpc) is 2.77. The number of ether oxygens (including phenoxy) is 2. The highest BCUT2D eigenvalue weighted by atomic mass is 32.2. The summed E-state index contributed by atoms with van der Waals surface area (Å²) in [6.45, 7) is 1.37. The Hall–Kier alpha value is -2.48. The van der Waals surface area contributed by atoms with Gasteiger partial charge in [0.2, 0.25) is 0 Å². The summed E-state index contributed by atoms with van der Waals surface area (Å²) in [5.74, 6) is -1.13. The summed E-state index contributed by atoms with van der Waals surface area (Å²) >= 11 is 0.698. The summed E-state index contributed by atoms with van der Waals surface area (Å²) in [4.78, 5) is 36.5. The van der Waals surface area contributed by atoms with Crippen LogP contribution in [0.2, 0.25) is 0 Å². The number of phenols is 1. The maximum atomic E-state index is 12.2. The molecule has 1 saturated heterocycles. The fraction of sp³-hybridized carbons (Fsp3) is 0.267. The number of carbonyl (C=O) groups excluding carboxylic acids is 3. The van der Waals surface area contributed by atoms with Gasteiger partial charge < -0.3 is 14.6 Å². The van der Waals surface area contributed by atoms with Gasteiger partial charge in [0.25, 0.3) is 11.1 Å². The second-order valence-corrected chi connectivity index (χ2v) is 5.46. The lowest BCUT2D eigenvalue weighted by Crippen LogP contribution is -2.34. The Morgan fingerprint density at radius 1 is 1.39 bits per heavy atom. The van der Waals surface area contributed by atoms with E-state index in [0.29, 0.717) is 17.3 Å². The number of esters is 1. The van der Waals surface area contributed by atoms with Gasteiger partial charge in [-0.3, -0.25) is 19.3 Å². The topological polar surface area (TPSA) is 93.1 Å². The van der Waals surface area contributed by atoms with Crippen LogP contribution in [0.4, 0.5) is 4.79 Å². The summed E-state index contributed by atoms with van der Waals surface area (Å²) in [6.07, 6.45) is 1.38. The zero-order chi connectivity index (χ0) is 17.0. The average molecular weight is 337 g/mol. The molecule has 0 atom stereocenters. The van der Waals surface area contributed by atoms with Crippen molar-refractivity contribution in [2.45, 2.75) is 6.92 Å². The fourth-order valence-corrected chi connectivity index (χ4v) is 2.76. The summed E-state index contributed by atoms with van der Waals surface area (Å²) in [5.41, 5.74) is 0.339. The van der Waals surface area contributed by atoms with Crippen LogP contribution in [0.3, 0.4) is 0 Å². The number of methoxy groups -OCH3 is 1. The lowest BCUT2D eigenvalue weighted by Gasteiger charge is -2.10. The number of aromatic hydroxyl groups is 1. The van der Waals surface area contributed by atoms with E-state index in [1.54, 1.807) is 25.1 Å². The number of hydrogen-bond donors (Lipinski definition) is 1. The van der Waals surface area contributed by atoms with Crippen molar-refractivity contribution < 1.29 is 29.0 Å². The zero-order valence-corrected chi connectivity index (χ0v) is 13.4. The second kappa shape index (κ2) is 7.19. The standard InChI is InChI=1S/C15H15NO6S/c1-3-22-12(17)8-16-14(19)11(23-15(16)20)7-9-5-4-6-10(21-2)13(9)18/h4-7,18H,3,8H2,1-2H3. The van der Waals surface area contributed by atoms with Crippen LogP contribution in [0.1, 0.15) is 12.5 Å². The van der Waals surface area contributed by atoms with Gasteiger partial charge in [0.15, 0.2) is 11.5 Å². The Kier molecular flexibility index (Phi) is 5.28. The highest BCUT2D eigenvalue weighted by molar-refractivity contribution is 8.18. The number of thioether (sulfide) groups is 1. The molecule has 1 aromatic carbocycles. The van der Waals surface area contributed by atoms with Gasteiger partial charge in [-0.05, 0) is 30.8 Å². The molecule has 0 saturated carbocycles. The molecule has 122 valence electrons. The van der Waals surface area contributed by atoms with E-state index in [1.807, 2.05) is 0 Å². The van der Waals surface area contributed by atoms with Crippen LogP contribution in [-0.2, 0) is 14.3 Å². The molecule has 1 fully saturated rings. The van der Waals surface area contributed by atoms with Crippen LogP contribution in [0.25, 0.3) is 6.08 Å². The van der Waals surface area contributed by atoms with Crippen LogP contribution < -0.4 is 4.74 Å². The van der Waals surface area contributed by atoms with Gasteiger partial charge in [-0.1, -0.05) is 12.1 Å². The SMILES string of the molecule is CCOC(=O)CN1C(=O)SC(=Cc2cccc(OC)c2O)C1=O. The maximum absolute atomic E-state index is 12.2. The molecular formula is C15H15NO6S. The number of rotatable bonds is 5. The molecular weight excluding hydrogens is 322 g/mol. The first-order valence-corrected chi connectivity index (χ1v) is 7.56. The molecule has 1 aliphatic rings. The highest BCUT2D eigenvalue weighted by Gasteiger charge is 2.36. The molecule has 0 aliphatic carbocycles. The third-order valence-corrected chi connectivity index (χ3v) is 3.91. The molecule has 0 bridgehead atoms. The van der Waals surface area contributed by atoms with Crippen molar-refractivity contribution in [3.8, 4) is 11.5 Å². The lowest BCUT2D eigenvalue weighted by atomic mass is 10.1. The van der Waals surface area contributed by atoms with Gasteiger partial charge in [-0.2, -0.15) is 0 Å². The molecule has 23 heavy (non-hydrogen) atoms. The van der Waals surface area contributed by atoms with Gasteiger partial charge >= 0.3 is 5.97 Å². The molecule has 1 heterocycles. The predicted octanol–water partition coefficient (Wildman–Crippen LogP) is 2.00. The number of hydrogen-bond acceptors (Lipinski definition) is 7. The van der Waals surface area contributed by atoms with E-state index >= 15 is 0 Å². The van der Waals surface area contributed by atoms with Crippen molar-refractivity contribution in [1.29, 1.82) is 0 Å². The Morgan fingerprint density at radius 2 is 2.13 bits per heavy atom. The summed E-state index contributed by atoms with van der Waals surface area (Å²) in [7, 11) is 1.41. The summed E-state index contributed by atoms with van der Waals surface area (Å²) in [6, 6.07) is 4.80.